The fraction of sp³-hybridized carbons (Fsp3) is 0.303. The number of hydrogen-bond donors (Lipinski definition) is 2. The number of rotatable bonds is 8. The highest BCUT2D eigenvalue weighted by Crippen LogP contribution is 2.39. The largest absolute Gasteiger partial charge is 0.493 e. The smallest absolute Gasteiger partial charge is 0.416 e. The molecule has 0 spiro atoms. The molecular weight excluding hydrogens is 573 g/mol. The van der Waals surface area contributed by atoms with Gasteiger partial charge in [0.15, 0.2) is 17.3 Å². The van der Waals surface area contributed by atoms with Crippen LogP contribution in [0.2, 0.25) is 0 Å². The summed E-state index contributed by atoms with van der Waals surface area (Å²) in [5, 5.41) is 7.51. The minimum atomic E-state index is -4.48. The molecule has 1 aliphatic carbocycles. The molecule has 0 saturated carbocycles. The van der Waals surface area contributed by atoms with Crippen LogP contribution in [0.25, 0.3) is 5.69 Å². The zero-order valence-corrected chi connectivity index (χ0v) is 24.8. The average molecular weight is 607 g/mol. The number of benzene rings is 3. The fourth-order valence-electron chi connectivity index (χ4n) is 5.57. The number of ether oxygens (including phenoxy) is 2. The number of nitrogen functional groups attached to an aromatic ring is 1. The molecule has 0 aliphatic heterocycles. The first kappa shape index (κ1) is 30.7. The van der Waals surface area contributed by atoms with Gasteiger partial charge in [0.05, 0.1) is 48.1 Å². The number of methoxy groups -OCH3 is 2. The summed E-state index contributed by atoms with van der Waals surface area (Å²) >= 11 is 0. The number of carbonyl (C=O) groups is 2. The number of carbonyl (C=O) groups excluding carboxylic acids is 2. The molecule has 0 bridgehead atoms. The lowest BCUT2D eigenvalue weighted by Crippen LogP contribution is -2.28. The summed E-state index contributed by atoms with van der Waals surface area (Å²) < 4.78 is 51.6. The summed E-state index contributed by atoms with van der Waals surface area (Å²) in [4.78, 5) is 26.3. The minimum absolute atomic E-state index is 0.00198. The number of fused-ring (bicyclic) bond motifs is 1. The van der Waals surface area contributed by atoms with Crippen LogP contribution < -0.4 is 20.5 Å². The van der Waals surface area contributed by atoms with E-state index >= 15 is 0 Å². The van der Waals surface area contributed by atoms with E-state index in [2.05, 4.69) is 5.32 Å². The monoisotopic (exact) mass is 606 g/mol. The Kier molecular flexibility index (Phi) is 8.15. The van der Waals surface area contributed by atoms with Crippen molar-refractivity contribution >= 4 is 17.4 Å². The van der Waals surface area contributed by atoms with Crippen LogP contribution >= 0.6 is 0 Å². The zero-order valence-electron chi connectivity index (χ0n) is 24.8. The van der Waals surface area contributed by atoms with Gasteiger partial charge in [-0.25, -0.2) is 4.68 Å². The Morgan fingerprint density at radius 2 is 1.75 bits per heavy atom. The van der Waals surface area contributed by atoms with Crippen LogP contribution in [0, 0.1) is 5.41 Å². The van der Waals surface area contributed by atoms with Gasteiger partial charge in [0.1, 0.15) is 0 Å². The summed E-state index contributed by atoms with van der Waals surface area (Å²) in [5.74, 6) is 0.668. The quantitative estimate of drug-likeness (QED) is 0.233. The average Bonchev–Trinajstić information content (AvgIpc) is 3.31. The summed E-state index contributed by atoms with van der Waals surface area (Å²) in [6.45, 7) is 3.97. The molecule has 4 aromatic rings. The molecule has 1 aliphatic rings. The van der Waals surface area contributed by atoms with Crippen LogP contribution in [0.4, 0.5) is 18.9 Å². The third kappa shape index (κ3) is 6.27. The van der Waals surface area contributed by atoms with Crippen molar-refractivity contribution in [2.24, 2.45) is 5.41 Å². The molecular formula is C33H33F3N4O4. The van der Waals surface area contributed by atoms with Crippen molar-refractivity contribution in [3.63, 3.8) is 0 Å². The van der Waals surface area contributed by atoms with Crippen molar-refractivity contribution in [1.29, 1.82) is 0 Å². The first-order chi connectivity index (χ1) is 20.8. The van der Waals surface area contributed by atoms with Crippen molar-refractivity contribution < 1.29 is 32.2 Å². The second kappa shape index (κ2) is 11.7. The number of nitrogens with one attached hydrogen (secondary N) is 1. The van der Waals surface area contributed by atoms with E-state index in [0.29, 0.717) is 53.3 Å². The van der Waals surface area contributed by atoms with Crippen LogP contribution in [0.3, 0.4) is 0 Å². The van der Waals surface area contributed by atoms with Crippen LogP contribution in [-0.2, 0) is 25.6 Å². The van der Waals surface area contributed by atoms with Crippen molar-refractivity contribution in [3.05, 3.63) is 99.9 Å². The van der Waals surface area contributed by atoms with Gasteiger partial charge >= 0.3 is 6.18 Å². The highest BCUT2D eigenvalue weighted by molar-refractivity contribution is 6.00. The van der Waals surface area contributed by atoms with Gasteiger partial charge in [0.2, 0.25) is 0 Å². The molecule has 0 fully saturated rings. The van der Waals surface area contributed by atoms with E-state index in [4.69, 9.17) is 20.3 Å². The maximum absolute atomic E-state index is 13.4. The molecule has 3 N–H and O–H groups in total. The molecule has 5 rings (SSSR count). The molecule has 44 heavy (non-hydrogen) atoms. The molecule has 1 aromatic heterocycles. The Balaban J connectivity index is 1.44. The number of nitrogens with zero attached hydrogens (tertiary/aromatic N) is 2. The second-order valence-corrected chi connectivity index (χ2v) is 11.6. The highest BCUT2D eigenvalue weighted by atomic mass is 19.4. The van der Waals surface area contributed by atoms with Crippen LogP contribution in [0.15, 0.2) is 60.7 Å². The number of nitrogens with two attached hydrogens (primary N) is 1. The van der Waals surface area contributed by atoms with Crippen molar-refractivity contribution in [2.75, 3.05) is 20.0 Å². The molecule has 0 radical (unpaired) electrons. The lowest BCUT2D eigenvalue weighted by Gasteiger charge is -2.29. The van der Waals surface area contributed by atoms with Crippen LogP contribution in [0.5, 0.6) is 11.5 Å². The molecule has 1 heterocycles. The van der Waals surface area contributed by atoms with Gasteiger partial charge in [-0.3, -0.25) is 9.59 Å². The van der Waals surface area contributed by atoms with E-state index in [1.165, 1.54) is 18.2 Å². The van der Waals surface area contributed by atoms with E-state index in [-0.39, 0.29) is 29.0 Å². The lowest BCUT2D eigenvalue weighted by atomic mass is 9.75. The van der Waals surface area contributed by atoms with Crippen LogP contribution in [0.1, 0.15) is 69.1 Å². The van der Waals surface area contributed by atoms with E-state index in [1.807, 2.05) is 26.0 Å². The second-order valence-electron chi connectivity index (χ2n) is 11.6. The molecule has 0 atom stereocenters. The number of ketones is 1. The van der Waals surface area contributed by atoms with Gasteiger partial charge in [-0.05, 0) is 65.4 Å². The zero-order chi connectivity index (χ0) is 31.8. The predicted octanol–water partition coefficient (Wildman–Crippen LogP) is 6.17. The van der Waals surface area contributed by atoms with Crippen molar-refractivity contribution in [2.45, 2.75) is 45.8 Å². The topological polar surface area (TPSA) is 108 Å². The van der Waals surface area contributed by atoms with Crippen molar-refractivity contribution in [1.82, 2.24) is 15.1 Å². The van der Waals surface area contributed by atoms with Gasteiger partial charge in [-0.2, -0.15) is 18.3 Å². The van der Waals surface area contributed by atoms with Gasteiger partial charge < -0.3 is 20.5 Å². The third-order valence-corrected chi connectivity index (χ3v) is 7.66. The maximum Gasteiger partial charge on any atom is 0.416 e. The standard InChI is InChI=1S/C33H33F3N4O4/c1-32(2)16-26-30(27(41)17-32)24(13-19-8-11-28(43-3)29(14-19)44-4)39-40(26)25-10-9-21(15-23(25)37)31(42)38-18-20-6-5-7-22(12-20)33(34,35)36/h5-12,14-15H,13,16-18,37H2,1-4H3,(H,38,42). The molecule has 1 amide bonds. The Hall–Kier alpha value is -4.80. The summed E-state index contributed by atoms with van der Waals surface area (Å²) in [5.41, 5.74) is 9.51. The first-order valence-corrected chi connectivity index (χ1v) is 14.0. The molecule has 11 heteroatoms. The van der Waals surface area contributed by atoms with E-state index in [0.717, 1.165) is 23.4 Å². The molecule has 0 saturated heterocycles. The summed E-state index contributed by atoms with van der Waals surface area (Å²) in [6.07, 6.45) is -3.13. The number of halogens is 3. The number of aromatic nitrogens is 2. The van der Waals surface area contributed by atoms with Gasteiger partial charge in [-0.15, -0.1) is 0 Å². The van der Waals surface area contributed by atoms with E-state index in [9.17, 15) is 22.8 Å². The van der Waals surface area contributed by atoms with Gasteiger partial charge in [0.25, 0.3) is 5.91 Å². The van der Waals surface area contributed by atoms with Gasteiger partial charge in [0, 0.05) is 24.9 Å². The first-order valence-electron chi connectivity index (χ1n) is 14.0. The molecule has 3 aromatic carbocycles. The minimum Gasteiger partial charge on any atom is -0.493 e. The molecule has 0 unspecified atom stereocenters. The molecule has 230 valence electrons. The number of hydrogen-bond acceptors (Lipinski definition) is 6. The Labute approximate surface area is 253 Å². The SMILES string of the molecule is COc1ccc(Cc2nn(-c3ccc(C(=O)NCc4cccc(C(F)(F)F)c4)cc3N)c3c2C(=O)CC(C)(C)C3)cc1OC. The van der Waals surface area contributed by atoms with Gasteiger partial charge in [-0.1, -0.05) is 32.0 Å². The Bertz CT molecular complexity index is 1740. The molecule has 8 nitrogen and oxygen atoms in total. The predicted molar refractivity (Wildman–Crippen MR) is 159 cm³/mol. The Morgan fingerprint density at radius 3 is 2.43 bits per heavy atom. The highest BCUT2D eigenvalue weighted by Gasteiger charge is 2.37. The number of amides is 1. The number of Topliss-reactive ketones (excluding diaryl/α,β-unsaturated/α-hetero) is 1. The fourth-order valence-corrected chi connectivity index (χ4v) is 5.57. The number of alkyl halides is 3. The van der Waals surface area contributed by atoms with E-state index in [1.54, 1.807) is 37.1 Å². The van der Waals surface area contributed by atoms with Crippen LogP contribution in [-0.4, -0.2) is 35.7 Å². The third-order valence-electron chi connectivity index (χ3n) is 7.66. The summed E-state index contributed by atoms with van der Waals surface area (Å²) in [6, 6.07) is 15.1. The summed E-state index contributed by atoms with van der Waals surface area (Å²) in [7, 11) is 3.12. The van der Waals surface area contributed by atoms with Crippen molar-refractivity contribution in [3.8, 4) is 17.2 Å². The Morgan fingerprint density at radius 1 is 1.00 bits per heavy atom. The normalized spacial score (nSPS) is 14.2. The number of anilines is 1. The maximum atomic E-state index is 13.4. The van der Waals surface area contributed by atoms with E-state index < -0.39 is 17.6 Å². The lowest BCUT2D eigenvalue weighted by molar-refractivity contribution is -0.137.